The molecule has 0 unspecified atom stereocenters. The maximum Gasteiger partial charge on any atom is 0.336 e. The van der Waals surface area contributed by atoms with Gasteiger partial charge in [0.05, 0.1) is 5.56 Å². The summed E-state index contributed by atoms with van der Waals surface area (Å²) in [6.07, 6.45) is 0. The van der Waals surface area contributed by atoms with Crippen molar-refractivity contribution in [2.75, 3.05) is 0 Å². The van der Waals surface area contributed by atoms with Gasteiger partial charge in [0, 0.05) is 11.1 Å². The molecule has 0 saturated carbocycles. The predicted molar refractivity (Wildman–Crippen MR) is 76.3 cm³/mol. The number of halogens is 2. The molecule has 2 N–H and O–H groups in total. The van der Waals surface area contributed by atoms with Gasteiger partial charge in [-0.1, -0.05) is 18.2 Å². The predicted octanol–water partition coefficient (Wildman–Crippen LogP) is 3.72. The number of H-pyrrole nitrogens is 1. The first-order valence-electron chi connectivity index (χ1n) is 6.40. The van der Waals surface area contributed by atoms with E-state index in [-0.39, 0.29) is 22.5 Å². The van der Waals surface area contributed by atoms with Crippen molar-refractivity contribution in [2.24, 2.45) is 0 Å². The van der Waals surface area contributed by atoms with Gasteiger partial charge in [-0.2, -0.15) is 5.10 Å². The maximum absolute atomic E-state index is 14.6. The summed E-state index contributed by atoms with van der Waals surface area (Å²) in [5.74, 6) is -2.28. The summed E-state index contributed by atoms with van der Waals surface area (Å²) < 4.78 is 27.5. The Balaban J connectivity index is 2.12. The molecule has 0 atom stereocenters. The van der Waals surface area contributed by atoms with Crippen LogP contribution in [0.15, 0.2) is 48.5 Å². The second kappa shape index (κ2) is 5.40. The summed E-state index contributed by atoms with van der Waals surface area (Å²) in [7, 11) is 0. The van der Waals surface area contributed by atoms with Crippen molar-refractivity contribution >= 4 is 5.97 Å². The number of aromatic carboxylic acids is 1. The Hall–Kier alpha value is -3.02. The number of rotatable bonds is 3. The smallest absolute Gasteiger partial charge is 0.336 e. The summed E-state index contributed by atoms with van der Waals surface area (Å²) >= 11 is 0. The SMILES string of the molecule is O=C(O)c1ccccc1-c1n[nH]c(-c2ccc(F)cc2)c1F. The zero-order valence-corrected chi connectivity index (χ0v) is 11.2. The second-order valence-electron chi connectivity index (χ2n) is 4.62. The lowest BCUT2D eigenvalue weighted by Gasteiger charge is -2.02. The van der Waals surface area contributed by atoms with Crippen molar-refractivity contribution in [1.29, 1.82) is 0 Å². The first-order valence-corrected chi connectivity index (χ1v) is 6.40. The Labute approximate surface area is 124 Å². The van der Waals surface area contributed by atoms with Crippen molar-refractivity contribution < 1.29 is 18.7 Å². The molecule has 0 aliphatic carbocycles. The number of nitrogens with zero attached hydrogens (tertiary/aromatic N) is 1. The molecule has 1 heterocycles. The van der Waals surface area contributed by atoms with Crippen LogP contribution in [-0.4, -0.2) is 21.3 Å². The van der Waals surface area contributed by atoms with E-state index in [0.717, 1.165) is 0 Å². The van der Waals surface area contributed by atoms with E-state index in [1.165, 1.54) is 36.4 Å². The van der Waals surface area contributed by atoms with E-state index in [1.807, 2.05) is 0 Å². The highest BCUT2D eigenvalue weighted by molar-refractivity contribution is 5.95. The van der Waals surface area contributed by atoms with Crippen molar-refractivity contribution in [1.82, 2.24) is 10.2 Å². The number of carbonyl (C=O) groups is 1. The minimum atomic E-state index is -1.17. The number of aromatic nitrogens is 2. The normalized spacial score (nSPS) is 10.6. The first kappa shape index (κ1) is 13.9. The van der Waals surface area contributed by atoms with Gasteiger partial charge in [0.25, 0.3) is 0 Å². The van der Waals surface area contributed by atoms with Gasteiger partial charge in [0.15, 0.2) is 5.82 Å². The highest BCUT2D eigenvalue weighted by atomic mass is 19.1. The third kappa shape index (κ3) is 2.35. The molecule has 0 amide bonds. The van der Waals surface area contributed by atoms with Crippen molar-refractivity contribution in [2.45, 2.75) is 0 Å². The maximum atomic E-state index is 14.6. The van der Waals surface area contributed by atoms with Gasteiger partial charge in [0.2, 0.25) is 0 Å². The van der Waals surface area contributed by atoms with E-state index in [1.54, 1.807) is 12.1 Å². The number of aromatic amines is 1. The lowest BCUT2D eigenvalue weighted by atomic mass is 10.0. The molecule has 3 aromatic rings. The number of carboxylic acid groups (broad SMARTS) is 1. The average Bonchev–Trinajstić information content (AvgIpc) is 2.89. The average molecular weight is 300 g/mol. The summed E-state index contributed by atoms with van der Waals surface area (Å²) in [4.78, 5) is 11.2. The quantitative estimate of drug-likeness (QED) is 0.774. The number of hydrogen-bond donors (Lipinski definition) is 2. The Morgan fingerprint density at radius 2 is 1.73 bits per heavy atom. The summed E-state index contributed by atoms with van der Waals surface area (Å²) in [6.45, 7) is 0. The van der Waals surface area contributed by atoms with Crippen molar-refractivity contribution in [3.63, 3.8) is 0 Å². The number of benzene rings is 2. The van der Waals surface area contributed by atoms with Gasteiger partial charge >= 0.3 is 5.97 Å². The van der Waals surface area contributed by atoms with E-state index < -0.39 is 17.6 Å². The minimum absolute atomic E-state index is 0.0430. The topological polar surface area (TPSA) is 66.0 Å². The second-order valence-corrected chi connectivity index (χ2v) is 4.62. The monoisotopic (exact) mass is 300 g/mol. The Kier molecular flexibility index (Phi) is 3.42. The Morgan fingerprint density at radius 3 is 2.41 bits per heavy atom. The van der Waals surface area contributed by atoms with Crippen LogP contribution in [0.3, 0.4) is 0 Å². The van der Waals surface area contributed by atoms with Gasteiger partial charge in [-0.05, 0) is 30.3 Å². The Bertz CT molecular complexity index is 842. The molecule has 2 aromatic carbocycles. The van der Waals surface area contributed by atoms with E-state index in [0.29, 0.717) is 5.56 Å². The van der Waals surface area contributed by atoms with Gasteiger partial charge < -0.3 is 5.11 Å². The van der Waals surface area contributed by atoms with Crippen molar-refractivity contribution in [3.8, 4) is 22.5 Å². The molecule has 3 rings (SSSR count). The van der Waals surface area contributed by atoms with Crippen LogP contribution in [-0.2, 0) is 0 Å². The van der Waals surface area contributed by atoms with Gasteiger partial charge in [-0.15, -0.1) is 0 Å². The standard InChI is InChI=1S/C16H10F2N2O2/c17-10-7-5-9(6-8-10)14-13(18)15(20-19-14)11-3-1-2-4-12(11)16(21)22/h1-8H,(H,19,20)(H,21,22). The molecule has 0 fully saturated rings. The van der Waals surface area contributed by atoms with E-state index in [9.17, 15) is 18.7 Å². The molecular weight excluding hydrogens is 290 g/mol. The van der Waals surface area contributed by atoms with Gasteiger partial charge in [-0.25, -0.2) is 13.6 Å². The van der Waals surface area contributed by atoms with E-state index >= 15 is 0 Å². The zero-order chi connectivity index (χ0) is 15.7. The summed E-state index contributed by atoms with van der Waals surface area (Å²) in [5.41, 5.74) is 0.550. The van der Waals surface area contributed by atoms with Crippen LogP contribution in [0, 0.1) is 11.6 Å². The highest BCUT2D eigenvalue weighted by Gasteiger charge is 2.20. The van der Waals surface area contributed by atoms with Crippen LogP contribution in [0.5, 0.6) is 0 Å². The van der Waals surface area contributed by atoms with E-state index in [2.05, 4.69) is 10.2 Å². The fourth-order valence-corrected chi connectivity index (χ4v) is 2.19. The lowest BCUT2D eigenvalue weighted by Crippen LogP contribution is -2.00. The largest absolute Gasteiger partial charge is 0.478 e. The van der Waals surface area contributed by atoms with Crippen LogP contribution in [0.4, 0.5) is 8.78 Å². The van der Waals surface area contributed by atoms with Gasteiger partial charge in [-0.3, -0.25) is 5.10 Å². The molecule has 0 spiro atoms. The third-order valence-corrected chi connectivity index (χ3v) is 3.25. The fourth-order valence-electron chi connectivity index (χ4n) is 2.19. The molecule has 22 heavy (non-hydrogen) atoms. The molecule has 6 heteroatoms. The van der Waals surface area contributed by atoms with Gasteiger partial charge in [0.1, 0.15) is 17.2 Å². The molecule has 0 aliphatic heterocycles. The number of hydrogen-bond acceptors (Lipinski definition) is 2. The minimum Gasteiger partial charge on any atom is -0.478 e. The molecule has 0 radical (unpaired) electrons. The third-order valence-electron chi connectivity index (χ3n) is 3.25. The van der Waals surface area contributed by atoms with Crippen molar-refractivity contribution in [3.05, 3.63) is 65.7 Å². The fraction of sp³-hybridized carbons (Fsp3) is 0. The highest BCUT2D eigenvalue weighted by Crippen LogP contribution is 2.30. The molecule has 0 bridgehead atoms. The zero-order valence-electron chi connectivity index (χ0n) is 11.2. The molecule has 4 nitrogen and oxygen atoms in total. The first-order chi connectivity index (χ1) is 10.6. The van der Waals surface area contributed by atoms with Crippen LogP contribution in [0.1, 0.15) is 10.4 Å². The van der Waals surface area contributed by atoms with Crippen LogP contribution in [0.2, 0.25) is 0 Å². The summed E-state index contributed by atoms with van der Waals surface area (Å²) in [6, 6.07) is 11.3. The molecule has 1 aromatic heterocycles. The molecule has 0 saturated heterocycles. The lowest BCUT2D eigenvalue weighted by molar-refractivity contribution is 0.0697. The molecule has 110 valence electrons. The molecular formula is C16H10F2N2O2. The van der Waals surface area contributed by atoms with Crippen LogP contribution in [0.25, 0.3) is 22.5 Å². The summed E-state index contributed by atoms with van der Waals surface area (Å²) in [5, 5.41) is 15.6. The van der Waals surface area contributed by atoms with E-state index in [4.69, 9.17) is 0 Å². The number of carboxylic acids is 1. The van der Waals surface area contributed by atoms with Crippen LogP contribution < -0.4 is 0 Å². The Morgan fingerprint density at radius 1 is 1.05 bits per heavy atom. The number of nitrogens with one attached hydrogen (secondary N) is 1. The molecule has 0 aliphatic rings. The van der Waals surface area contributed by atoms with Crippen LogP contribution >= 0.6 is 0 Å².